The van der Waals surface area contributed by atoms with E-state index in [0.29, 0.717) is 18.8 Å². The van der Waals surface area contributed by atoms with Gasteiger partial charge in [0.05, 0.1) is 26.9 Å². The summed E-state index contributed by atoms with van der Waals surface area (Å²) in [7, 11) is 3.06. The molecule has 0 saturated heterocycles. The molecule has 1 aliphatic heterocycles. The highest BCUT2D eigenvalue weighted by Gasteiger charge is 2.34. The lowest BCUT2D eigenvalue weighted by molar-refractivity contribution is -0.143. The van der Waals surface area contributed by atoms with E-state index in [2.05, 4.69) is 29.4 Å². The van der Waals surface area contributed by atoms with E-state index in [1.54, 1.807) is 7.11 Å². The number of ether oxygens (including phenoxy) is 3. The van der Waals surface area contributed by atoms with Crippen molar-refractivity contribution in [1.82, 2.24) is 10.3 Å². The molecule has 1 aliphatic rings. The molecule has 6 heteroatoms. The van der Waals surface area contributed by atoms with E-state index in [1.807, 2.05) is 30.3 Å². The highest BCUT2D eigenvalue weighted by atomic mass is 16.5. The van der Waals surface area contributed by atoms with Gasteiger partial charge < -0.3 is 19.2 Å². The predicted octanol–water partition coefficient (Wildman–Crippen LogP) is 3.74. The van der Waals surface area contributed by atoms with Crippen LogP contribution in [0.1, 0.15) is 36.2 Å². The number of esters is 1. The molecule has 0 amide bonds. The van der Waals surface area contributed by atoms with Gasteiger partial charge in [-0.15, -0.1) is 0 Å². The quantitative estimate of drug-likeness (QED) is 0.623. The zero-order valence-electron chi connectivity index (χ0n) is 17.0. The first kappa shape index (κ1) is 19.3. The molecule has 29 heavy (non-hydrogen) atoms. The van der Waals surface area contributed by atoms with Crippen molar-refractivity contribution in [2.45, 2.75) is 31.8 Å². The molecular formula is C23H26N2O4. The Balaban J connectivity index is 1.79. The van der Waals surface area contributed by atoms with Crippen molar-refractivity contribution >= 4 is 16.9 Å². The number of methoxy groups -OCH3 is 2. The van der Waals surface area contributed by atoms with Crippen LogP contribution in [0.4, 0.5) is 0 Å². The van der Waals surface area contributed by atoms with Crippen LogP contribution in [0.15, 0.2) is 42.5 Å². The van der Waals surface area contributed by atoms with Gasteiger partial charge in [0.15, 0.2) is 11.5 Å². The zero-order valence-corrected chi connectivity index (χ0v) is 17.0. The standard InChI is InChI=1S/C23H26N2O4/c1-4-11-29-19-10-9-14(12-20(19)27-2)21-22-16(13-18(25-21)23(26)28-3)15-7-5-6-8-17(15)24-22/h5-10,12,18,21,24-25H,4,11,13H2,1-3H3/t18-,21+/m0/s1. The molecule has 2 atom stereocenters. The number of para-hydroxylation sites is 1. The summed E-state index contributed by atoms with van der Waals surface area (Å²) in [5.41, 5.74) is 4.26. The summed E-state index contributed by atoms with van der Waals surface area (Å²) in [4.78, 5) is 15.9. The average Bonchev–Trinajstić information content (AvgIpc) is 3.15. The van der Waals surface area contributed by atoms with Crippen molar-refractivity contribution in [3.05, 3.63) is 59.3 Å². The fourth-order valence-electron chi connectivity index (χ4n) is 3.99. The number of H-pyrrole nitrogens is 1. The van der Waals surface area contributed by atoms with Gasteiger partial charge in [0.2, 0.25) is 0 Å². The molecule has 0 aliphatic carbocycles. The minimum Gasteiger partial charge on any atom is -0.493 e. The highest BCUT2D eigenvalue weighted by molar-refractivity contribution is 5.87. The molecule has 1 aromatic heterocycles. The lowest BCUT2D eigenvalue weighted by Crippen LogP contribution is -2.45. The van der Waals surface area contributed by atoms with Crippen molar-refractivity contribution in [1.29, 1.82) is 0 Å². The minimum atomic E-state index is -0.418. The summed E-state index contributed by atoms with van der Waals surface area (Å²) in [6.45, 7) is 2.70. The number of nitrogens with one attached hydrogen (secondary N) is 2. The van der Waals surface area contributed by atoms with E-state index >= 15 is 0 Å². The SMILES string of the molecule is CCCOc1ccc([C@H]2N[C@H](C(=O)OC)Cc3c2[nH]c2ccccc32)cc1OC. The van der Waals surface area contributed by atoms with Crippen LogP contribution in [-0.2, 0) is 16.0 Å². The molecule has 0 spiro atoms. The second-order valence-electron chi connectivity index (χ2n) is 7.20. The average molecular weight is 394 g/mol. The minimum absolute atomic E-state index is 0.190. The van der Waals surface area contributed by atoms with Gasteiger partial charge in [-0.25, -0.2) is 0 Å². The van der Waals surface area contributed by atoms with E-state index in [0.717, 1.165) is 39.9 Å². The highest BCUT2D eigenvalue weighted by Crippen LogP contribution is 2.38. The van der Waals surface area contributed by atoms with E-state index in [1.165, 1.54) is 7.11 Å². The van der Waals surface area contributed by atoms with E-state index in [4.69, 9.17) is 14.2 Å². The van der Waals surface area contributed by atoms with Crippen LogP contribution in [0, 0.1) is 0 Å². The Morgan fingerprint density at radius 3 is 2.72 bits per heavy atom. The van der Waals surface area contributed by atoms with Crippen LogP contribution in [0.5, 0.6) is 11.5 Å². The smallest absolute Gasteiger partial charge is 0.323 e. The molecule has 4 rings (SSSR count). The Hall–Kier alpha value is -2.99. The molecule has 2 heterocycles. The van der Waals surface area contributed by atoms with Crippen LogP contribution in [0.2, 0.25) is 0 Å². The molecule has 0 saturated carbocycles. The summed E-state index contributed by atoms with van der Waals surface area (Å²) in [6.07, 6.45) is 1.51. The Kier molecular flexibility index (Phi) is 5.45. The van der Waals surface area contributed by atoms with Crippen LogP contribution >= 0.6 is 0 Å². The van der Waals surface area contributed by atoms with Gasteiger partial charge in [-0.2, -0.15) is 0 Å². The summed E-state index contributed by atoms with van der Waals surface area (Å²) < 4.78 is 16.4. The van der Waals surface area contributed by atoms with Gasteiger partial charge >= 0.3 is 5.97 Å². The van der Waals surface area contributed by atoms with Crippen molar-refractivity contribution in [3.8, 4) is 11.5 Å². The predicted molar refractivity (Wildman–Crippen MR) is 112 cm³/mol. The van der Waals surface area contributed by atoms with Gasteiger partial charge in [-0.3, -0.25) is 10.1 Å². The van der Waals surface area contributed by atoms with Crippen molar-refractivity contribution in [2.24, 2.45) is 0 Å². The molecule has 2 aromatic carbocycles. The zero-order chi connectivity index (χ0) is 20.4. The van der Waals surface area contributed by atoms with Crippen LogP contribution in [0.25, 0.3) is 10.9 Å². The molecule has 0 bridgehead atoms. The van der Waals surface area contributed by atoms with E-state index < -0.39 is 6.04 Å². The molecule has 0 radical (unpaired) electrons. The van der Waals surface area contributed by atoms with Crippen LogP contribution in [0.3, 0.4) is 0 Å². The number of carbonyl (C=O) groups is 1. The monoisotopic (exact) mass is 394 g/mol. The Labute approximate surface area is 170 Å². The molecule has 152 valence electrons. The fraction of sp³-hybridized carbons (Fsp3) is 0.348. The normalized spacial score (nSPS) is 18.3. The van der Waals surface area contributed by atoms with Gasteiger partial charge in [0, 0.05) is 23.0 Å². The summed E-state index contributed by atoms with van der Waals surface area (Å²) >= 11 is 0. The van der Waals surface area contributed by atoms with Crippen molar-refractivity contribution in [3.63, 3.8) is 0 Å². The Morgan fingerprint density at radius 1 is 1.14 bits per heavy atom. The molecule has 2 N–H and O–H groups in total. The van der Waals surface area contributed by atoms with Crippen LogP contribution < -0.4 is 14.8 Å². The molecule has 0 unspecified atom stereocenters. The van der Waals surface area contributed by atoms with Gasteiger partial charge in [0.25, 0.3) is 0 Å². The summed E-state index contributed by atoms with van der Waals surface area (Å²) in [5, 5.41) is 4.59. The van der Waals surface area contributed by atoms with Gasteiger partial charge in [-0.1, -0.05) is 31.2 Å². The summed E-state index contributed by atoms with van der Waals surface area (Å²) in [5.74, 6) is 1.13. The molecule has 0 fully saturated rings. The maximum atomic E-state index is 12.4. The second kappa shape index (κ2) is 8.17. The third kappa shape index (κ3) is 3.56. The van der Waals surface area contributed by atoms with Gasteiger partial charge in [-0.05, 0) is 35.7 Å². The number of benzene rings is 2. The number of fused-ring (bicyclic) bond motifs is 3. The number of hydrogen-bond donors (Lipinski definition) is 2. The fourth-order valence-corrected chi connectivity index (χ4v) is 3.99. The lowest BCUT2D eigenvalue weighted by atomic mass is 9.90. The third-order valence-electron chi connectivity index (χ3n) is 5.38. The first-order valence-electron chi connectivity index (χ1n) is 9.90. The van der Waals surface area contributed by atoms with E-state index in [-0.39, 0.29) is 12.0 Å². The van der Waals surface area contributed by atoms with E-state index in [9.17, 15) is 4.79 Å². The number of hydrogen-bond acceptors (Lipinski definition) is 5. The maximum absolute atomic E-state index is 12.4. The first-order chi connectivity index (χ1) is 14.2. The molecule has 3 aromatic rings. The number of rotatable bonds is 6. The largest absolute Gasteiger partial charge is 0.493 e. The van der Waals surface area contributed by atoms with Gasteiger partial charge in [0.1, 0.15) is 6.04 Å². The Bertz CT molecular complexity index is 1030. The number of aromatic amines is 1. The van der Waals surface area contributed by atoms with Crippen molar-refractivity contribution < 1.29 is 19.0 Å². The number of carbonyl (C=O) groups excluding carboxylic acids is 1. The first-order valence-corrected chi connectivity index (χ1v) is 9.90. The summed E-state index contributed by atoms with van der Waals surface area (Å²) in [6, 6.07) is 13.5. The third-order valence-corrected chi connectivity index (χ3v) is 5.38. The van der Waals surface area contributed by atoms with Crippen LogP contribution in [-0.4, -0.2) is 37.8 Å². The topological polar surface area (TPSA) is 72.6 Å². The molecular weight excluding hydrogens is 368 g/mol. The molecule has 6 nitrogen and oxygen atoms in total. The lowest BCUT2D eigenvalue weighted by Gasteiger charge is -2.30. The Morgan fingerprint density at radius 2 is 1.97 bits per heavy atom. The maximum Gasteiger partial charge on any atom is 0.323 e. The second-order valence-corrected chi connectivity index (χ2v) is 7.20. The van der Waals surface area contributed by atoms with Crippen molar-refractivity contribution in [2.75, 3.05) is 20.8 Å². The number of aromatic nitrogens is 1.